The van der Waals surface area contributed by atoms with Crippen LogP contribution in [0, 0.1) is 5.92 Å². The maximum absolute atomic E-state index is 6.01. The second-order valence-electron chi connectivity index (χ2n) is 5.37. The molecule has 0 atom stereocenters. The highest BCUT2D eigenvalue weighted by Crippen LogP contribution is 2.31. The molecule has 4 rings (SSSR count). The van der Waals surface area contributed by atoms with E-state index in [9.17, 15) is 0 Å². The molecule has 1 aliphatic carbocycles. The van der Waals surface area contributed by atoms with E-state index in [1.54, 1.807) is 6.20 Å². The van der Waals surface area contributed by atoms with Crippen molar-refractivity contribution < 1.29 is 0 Å². The molecule has 0 aliphatic heterocycles. The lowest BCUT2D eigenvalue weighted by atomic mass is 10.1. The van der Waals surface area contributed by atoms with Crippen molar-refractivity contribution in [2.75, 3.05) is 5.73 Å². The number of nitrogens with two attached hydrogens (primary N) is 1. The van der Waals surface area contributed by atoms with Crippen molar-refractivity contribution in [3.63, 3.8) is 0 Å². The summed E-state index contributed by atoms with van der Waals surface area (Å²) >= 11 is 0. The first-order chi connectivity index (χ1) is 9.81. The average Bonchev–Trinajstić information content (AvgIpc) is 3.29. The van der Waals surface area contributed by atoms with Crippen LogP contribution in [0.3, 0.4) is 0 Å². The SMILES string of the molecule is Nc1nc2cc(/C=C/C3CC3)ccc2c2cccnc12. The molecular weight excluding hydrogens is 246 g/mol. The van der Waals surface area contributed by atoms with Crippen molar-refractivity contribution >= 4 is 33.7 Å². The number of hydrogen-bond acceptors (Lipinski definition) is 3. The standard InChI is InChI=1S/C17H15N3/c18-17-16-14(2-1-9-19-16)13-8-7-12(10-15(13)20-17)6-5-11-3-4-11/h1-2,5-11H,3-4H2,(H2,18,20)/b6-5+. The van der Waals surface area contributed by atoms with Crippen molar-refractivity contribution in [1.82, 2.24) is 9.97 Å². The average molecular weight is 261 g/mol. The molecule has 0 unspecified atom stereocenters. The zero-order valence-corrected chi connectivity index (χ0v) is 11.1. The summed E-state index contributed by atoms with van der Waals surface area (Å²) in [5.74, 6) is 1.28. The molecule has 0 bridgehead atoms. The van der Waals surface area contributed by atoms with Crippen LogP contribution >= 0.6 is 0 Å². The lowest BCUT2D eigenvalue weighted by molar-refractivity contribution is 1.13. The fourth-order valence-corrected chi connectivity index (χ4v) is 2.52. The van der Waals surface area contributed by atoms with Crippen LogP contribution in [-0.2, 0) is 0 Å². The van der Waals surface area contributed by atoms with Crippen LogP contribution in [0.1, 0.15) is 18.4 Å². The number of fused-ring (bicyclic) bond motifs is 3. The van der Waals surface area contributed by atoms with Crippen LogP contribution in [0.25, 0.3) is 27.9 Å². The first kappa shape index (κ1) is 11.4. The van der Waals surface area contributed by atoms with E-state index in [0.717, 1.165) is 27.7 Å². The van der Waals surface area contributed by atoms with Gasteiger partial charge >= 0.3 is 0 Å². The van der Waals surface area contributed by atoms with Crippen molar-refractivity contribution in [2.45, 2.75) is 12.8 Å². The molecule has 0 saturated heterocycles. The van der Waals surface area contributed by atoms with Gasteiger partial charge in [0.15, 0.2) is 5.82 Å². The number of hydrogen-bond donors (Lipinski definition) is 1. The second-order valence-corrected chi connectivity index (χ2v) is 5.37. The Morgan fingerprint density at radius 2 is 2.05 bits per heavy atom. The minimum atomic E-state index is 0.497. The van der Waals surface area contributed by atoms with Gasteiger partial charge in [-0.05, 0) is 36.5 Å². The smallest absolute Gasteiger partial charge is 0.150 e. The number of anilines is 1. The molecule has 0 amide bonds. The summed E-state index contributed by atoms with van der Waals surface area (Å²) < 4.78 is 0. The molecule has 3 heteroatoms. The molecule has 2 N–H and O–H groups in total. The van der Waals surface area contributed by atoms with Crippen LogP contribution in [0.5, 0.6) is 0 Å². The minimum Gasteiger partial charge on any atom is -0.382 e. The largest absolute Gasteiger partial charge is 0.382 e. The molecule has 2 heterocycles. The number of aromatic nitrogens is 2. The van der Waals surface area contributed by atoms with E-state index in [-0.39, 0.29) is 0 Å². The van der Waals surface area contributed by atoms with Gasteiger partial charge in [0.25, 0.3) is 0 Å². The van der Waals surface area contributed by atoms with E-state index in [0.29, 0.717) is 5.82 Å². The monoisotopic (exact) mass is 261 g/mol. The van der Waals surface area contributed by atoms with Crippen molar-refractivity contribution in [3.05, 3.63) is 48.2 Å². The Hall–Kier alpha value is -2.42. The van der Waals surface area contributed by atoms with Gasteiger partial charge in [-0.3, -0.25) is 4.98 Å². The van der Waals surface area contributed by atoms with E-state index >= 15 is 0 Å². The van der Waals surface area contributed by atoms with Crippen LogP contribution in [0.2, 0.25) is 0 Å². The van der Waals surface area contributed by atoms with Gasteiger partial charge in [0.2, 0.25) is 0 Å². The van der Waals surface area contributed by atoms with Gasteiger partial charge in [0, 0.05) is 17.0 Å². The Morgan fingerprint density at radius 3 is 2.90 bits per heavy atom. The Bertz CT molecular complexity index is 832. The predicted octanol–water partition coefficient (Wildman–Crippen LogP) is 3.79. The van der Waals surface area contributed by atoms with E-state index < -0.39 is 0 Å². The summed E-state index contributed by atoms with van der Waals surface area (Å²) in [6, 6.07) is 10.3. The summed E-state index contributed by atoms with van der Waals surface area (Å²) in [6.07, 6.45) is 8.87. The number of allylic oxidation sites excluding steroid dienone is 1. The molecule has 1 saturated carbocycles. The molecule has 1 aliphatic rings. The Labute approximate surface area is 117 Å². The Balaban J connectivity index is 1.91. The van der Waals surface area contributed by atoms with Gasteiger partial charge in [-0.1, -0.05) is 30.4 Å². The topological polar surface area (TPSA) is 51.8 Å². The van der Waals surface area contributed by atoms with Crippen LogP contribution in [0.4, 0.5) is 5.82 Å². The van der Waals surface area contributed by atoms with Crippen molar-refractivity contribution in [2.24, 2.45) is 5.92 Å². The quantitative estimate of drug-likeness (QED) is 0.714. The molecule has 1 fully saturated rings. The molecule has 20 heavy (non-hydrogen) atoms. The van der Waals surface area contributed by atoms with Gasteiger partial charge in [0.1, 0.15) is 5.52 Å². The molecule has 3 aromatic rings. The fourth-order valence-electron chi connectivity index (χ4n) is 2.52. The number of nitrogens with zero attached hydrogens (tertiary/aromatic N) is 2. The third kappa shape index (κ3) is 1.92. The van der Waals surface area contributed by atoms with Gasteiger partial charge < -0.3 is 5.73 Å². The third-order valence-corrected chi connectivity index (χ3v) is 3.79. The van der Waals surface area contributed by atoms with E-state index in [2.05, 4.69) is 40.3 Å². The Kier molecular flexibility index (Phi) is 2.46. The number of pyridine rings is 2. The number of benzene rings is 1. The predicted molar refractivity (Wildman–Crippen MR) is 83.2 cm³/mol. The van der Waals surface area contributed by atoms with E-state index in [1.807, 2.05) is 12.1 Å². The summed E-state index contributed by atoms with van der Waals surface area (Å²) in [5, 5.41) is 2.17. The van der Waals surface area contributed by atoms with E-state index in [4.69, 9.17) is 5.73 Å². The number of rotatable bonds is 2. The van der Waals surface area contributed by atoms with Gasteiger partial charge in [-0.25, -0.2) is 4.98 Å². The van der Waals surface area contributed by atoms with Crippen LogP contribution < -0.4 is 5.73 Å². The first-order valence-corrected chi connectivity index (χ1v) is 6.93. The summed E-state index contributed by atoms with van der Waals surface area (Å²) in [7, 11) is 0. The van der Waals surface area contributed by atoms with Crippen molar-refractivity contribution in [3.8, 4) is 0 Å². The Morgan fingerprint density at radius 1 is 1.15 bits per heavy atom. The van der Waals surface area contributed by atoms with Crippen LogP contribution in [0.15, 0.2) is 42.6 Å². The third-order valence-electron chi connectivity index (χ3n) is 3.79. The lowest BCUT2D eigenvalue weighted by Crippen LogP contribution is -1.95. The van der Waals surface area contributed by atoms with Gasteiger partial charge in [-0.2, -0.15) is 0 Å². The highest BCUT2D eigenvalue weighted by Gasteiger charge is 2.17. The highest BCUT2D eigenvalue weighted by molar-refractivity contribution is 6.08. The first-order valence-electron chi connectivity index (χ1n) is 6.93. The zero-order valence-electron chi connectivity index (χ0n) is 11.1. The van der Waals surface area contributed by atoms with Crippen molar-refractivity contribution in [1.29, 1.82) is 0 Å². The normalized spacial score (nSPS) is 15.4. The van der Waals surface area contributed by atoms with E-state index in [1.165, 1.54) is 18.4 Å². The van der Waals surface area contributed by atoms with Gasteiger partial charge in [-0.15, -0.1) is 0 Å². The summed E-state index contributed by atoms with van der Waals surface area (Å²) in [6.45, 7) is 0. The maximum Gasteiger partial charge on any atom is 0.150 e. The highest BCUT2D eigenvalue weighted by atomic mass is 14.9. The summed E-state index contributed by atoms with van der Waals surface area (Å²) in [5.41, 5.74) is 8.90. The second kappa shape index (κ2) is 4.30. The van der Waals surface area contributed by atoms with Gasteiger partial charge in [0.05, 0.1) is 5.52 Å². The molecule has 98 valence electrons. The molecule has 0 radical (unpaired) electrons. The number of nitrogen functional groups attached to an aromatic ring is 1. The lowest BCUT2D eigenvalue weighted by Gasteiger charge is -2.06. The maximum atomic E-state index is 6.01. The molecular formula is C17H15N3. The van der Waals surface area contributed by atoms with Crippen LogP contribution in [-0.4, -0.2) is 9.97 Å². The summed E-state index contributed by atoms with van der Waals surface area (Å²) in [4.78, 5) is 8.81. The molecule has 1 aromatic carbocycles. The minimum absolute atomic E-state index is 0.497. The fraction of sp³-hybridized carbons (Fsp3) is 0.176. The zero-order chi connectivity index (χ0) is 13.5. The molecule has 3 nitrogen and oxygen atoms in total. The molecule has 2 aromatic heterocycles. The molecule has 0 spiro atoms.